The number of methoxy groups -OCH3 is 1. The molecule has 0 saturated heterocycles. The van der Waals surface area contributed by atoms with Gasteiger partial charge in [0, 0.05) is 24.2 Å². The van der Waals surface area contributed by atoms with Crippen LogP contribution < -0.4 is 15.0 Å². The number of aromatic nitrogens is 1. The molecule has 28 heavy (non-hydrogen) atoms. The summed E-state index contributed by atoms with van der Waals surface area (Å²) in [7, 11) is 5.68. The van der Waals surface area contributed by atoms with E-state index in [1.165, 1.54) is 0 Å². The molecule has 0 unspecified atom stereocenters. The first-order valence-electron chi connectivity index (χ1n) is 9.57. The number of ether oxygens (including phenoxy) is 1. The molecule has 2 heterocycles. The fraction of sp³-hybridized carbons (Fsp3) is 0.455. The Morgan fingerprint density at radius 2 is 2.07 bits per heavy atom. The van der Waals surface area contributed by atoms with E-state index in [0.29, 0.717) is 13.1 Å². The molecule has 1 aliphatic rings. The van der Waals surface area contributed by atoms with Crippen LogP contribution in [-0.4, -0.2) is 50.2 Å². The summed E-state index contributed by atoms with van der Waals surface area (Å²) >= 11 is 0. The molecular formula is C22H30N4O2. The standard InChI is InChI=1S/C22H30N4O2/c1-15-10-11-18-20(24-15)22(2,3)14-26(18)21(27)23-13-19(25(4)5)16-8-7-9-17(12-16)28-6/h7-12,19H,13-14H2,1-6H3,(H,23,27)/t19-/m0/s1. The SMILES string of the molecule is COc1cccc([C@H](CNC(=O)N2CC(C)(C)c3nc(C)ccc32)N(C)C)c1. The van der Waals surface area contributed by atoms with E-state index in [-0.39, 0.29) is 17.5 Å². The number of fused-ring (bicyclic) bond motifs is 1. The van der Waals surface area contributed by atoms with Gasteiger partial charge in [0.2, 0.25) is 0 Å². The van der Waals surface area contributed by atoms with Crippen LogP contribution in [0.3, 0.4) is 0 Å². The molecule has 2 aromatic rings. The number of benzene rings is 1. The predicted octanol–water partition coefficient (Wildman–Crippen LogP) is 3.51. The molecule has 1 N–H and O–H groups in total. The third-order valence-corrected chi connectivity index (χ3v) is 5.29. The number of hydrogen-bond donors (Lipinski definition) is 1. The molecule has 1 atom stereocenters. The summed E-state index contributed by atoms with van der Waals surface area (Å²) in [6, 6.07) is 11.9. The summed E-state index contributed by atoms with van der Waals surface area (Å²) in [4.78, 5) is 21.6. The van der Waals surface area contributed by atoms with Crippen LogP contribution in [0, 0.1) is 6.92 Å². The number of anilines is 1. The van der Waals surface area contributed by atoms with Gasteiger partial charge in [-0.3, -0.25) is 9.88 Å². The van der Waals surface area contributed by atoms with E-state index >= 15 is 0 Å². The number of nitrogens with one attached hydrogen (secondary N) is 1. The third kappa shape index (κ3) is 3.97. The average Bonchev–Trinajstić information content (AvgIpc) is 2.92. The fourth-order valence-electron chi connectivity index (χ4n) is 3.73. The van der Waals surface area contributed by atoms with Crippen LogP contribution in [0.1, 0.15) is 36.8 Å². The van der Waals surface area contributed by atoms with Gasteiger partial charge in [-0.1, -0.05) is 26.0 Å². The highest BCUT2D eigenvalue weighted by molar-refractivity contribution is 5.94. The molecule has 0 spiro atoms. The zero-order valence-corrected chi connectivity index (χ0v) is 17.6. The molecule has 1 aromatic carbocycles. The molecule has 0 bridgehead atoms. The van der Waals surface area contributed by atoms with E-state index in [0.717, 1.165) is 28.4 Å². The summed E-state index contributed by atoms with van der Waals surface area (Å²) in [6.45, 7) is 7.37. The van der Waals surface area contributed by atoms with Gasteiger partial charge in [-0.25, -0.2) is 4.79 Å². The second kappa shape index (κ2) is 7.80. The highest BCUT2D eigenvalue weighted by Crippen LogP contribution is 2.39. The summed E-state index contributed by atoms with van der Waals surface area (Å²) in [5.41, 5.74) is 3.80. The Morgan fingerprint density at radius 1 is 1.32 bits per heavy atom. The zero-order chi connectivity index (χ0) is 20.5. The molecule has 1 aliphatic heterocycles. The van der Waals surface area contributed by atoms with Crippen LogP contribution in [0.25, 0.3) is 0 Å². The van der Waals surface area contributed by atoms with E-state index in [1.807, 2.05) is 51.4 Å². The van der Waals surface area contributed by atoms with E-state index < -0.39 is 0 Å². The van der Waals surface area contributed by atoms with Crippen molar-refractivity contribution < 1.29 is 9.53 Å². The Kier molecular flexibility index (Phi) is 5.61. The van der Waals surface area contributed by atoms with Crippen molar-refractivity contribution in [3.05, 3.63) is 53.3 Å². The topological polar surface area (TPSA) is 57.7 Å². The number of carbonyl (C=O) groups excluding carboxylic acids is 1. The molecule has 0 aliphatic carbocycles. The van der Waals surface area contributed by atoms with Crippen LogP contribution in [0.2, 0.25) is 0 Å². The van der Waals surface area contributed by atoms with Crippen molar-refractivity contribution in [3.63, 3.8) is 0 Å². The van der Waals surface area contributed by atoms with Crippen molar-refractivity contribution in [1.82, 2.24) is 15.2 Å². The average molecular weight is 383 g/mol. The maximum atomic E-state index is 13.0. The largest absolute Gasteiger partial charge is 0.497 e. The van der Waals surface area contributed by atoms with Gasteiger partial charge in [0.25, 0.3) is 0 Å². The van der Waals surface area contributed by atoms with Crippen molar-refractivity contribution in [2.24, 2.45) is 0 Å². The van der Waals surface area contributed by atoms with Gasteiger partial charge in [-0.2, -0.15) is 0 Å². The van der Waals surface area contributed by atoms with Crippen LogP contribution in [-0.2, 0) is 5.41 Å². The maximum absolute atomic E-state index is 13.0. The van der Waals surface area contributed by atoms with Gasteiger partial charge in [0.15, 0.2) is 0 Å². The number of urea groups is 1. The quantitative estimate of drug-likeness (QED) is 0.860. The second-order valence-electron chi connectivity index (χ2n) is 8.23. The van der Waals surface area contributed by atoms with Gasteiger partial charge >= 0.3 is 6.03 Å². The third-order valence-electron chi connectivity index (χ3n) is 5.29. The van der Waals surface area contributed by atoms with E-state index in [4.69, 9.17) is 4.74 Å². The number of amides is 2. The van der Waals surface area contributed by atoms with Gasteiger partial charge in [-0.05, 0) is 50.8 Å². The van der Waals surface area contributed by atoms with Crippen molar-refractivity contribution in [1.29, 1.82) is 0 Å². The zero-order valence-electron chi connectivity index (χ0n) is 17.6. The van der Waals surface area contributed by atoms with Crippen molar-refractivity contribution in [2.45, 2.75) is 32.2 Å². The lowest BCUT2D eigenvalue weighted by Gasteiger charge is -2.27. The van der Waals surface area contributed by atoms with E-state index in [9.17, 15) is 4.79 Å². The van der Waals surface area contributed by atoms with Crippen molar-refractivity contribution in [3.8, 4) is 5.75 Å². The molecule has 150 valence electrons. The Balaban J connectivity index is 1.76. The van der Waals surface area contributed by atoms with Crippen LogP contribution in [0.5, 0.6) is 5.75 Å². The summed E-state index contributed by atoms with van der Waals surface area (Å²) in [6.07, 6.45) is 0. The van der Waals surface area contributed by atoms with Crippen molar-refractivity contribution >= 4 is 11.7 Å². The minimum Gasteiger partial charge on any atom is -0.497 e. The molecule has 0 saturated carbocycles. The lowest BCUT2D eigenvalue weighted by Crippen LogP contribution is -2.44. The fourth-order valence-corrected chi connectivity index (χ4v) is 3.73. The number of pyridine rings is 1. The first kappa shape index (κ1) is 20.1. The Bertz CT molecular complexity index is 863. The van der Waals surface area contributed by atoms with Gasteiger partial charge in [-0.15, -0.1) is 0 Å². The number of carbonyl (C=O) groups is 1. The highest BCUT2D eigenvalue weighted by Gasteiger charge is 2.39. The summed E-state index contributed by atoms with van der Waals surface area (Å²) < 4.78 is 5.34. The number of likely N-dealkylation sites (N-methyl/N-ethyl adjacent to an activating group) is 1. The van der Waals surface area contributed by atoms with Gasteiger partial charge in [0.1, 0.15) is 5.75 Å². The number of hydrogen-bond acceptors (Lipinski definition) is 4. The smallest absolute Gasteiger partial charge is 0.322 e. The van der Waals surface area contributed by atoms with E-state index in [1.54, 1.807) is 12.0 Å². The Hall–Kier alpha value is -2.60. The normalized spacial score (nSPS) is 16.0. The predicted molar refractivity (Wildman–Crippen MR) is 112 cm³/mol. The Morgan fingerprint density at radius 3 is 2.75 bits per heavy atom. The molecule has 0 fully saturated rings. The molecule has 2 amide bonds. The second-order valence-corrected chi connectivity index (χ2v) is 8.23. The van der Waals surface area contributed by atoms with Crippen LogP contribution in [0.15, 0.2) is 36.4 Å². The molecule has 3 rings (SSSR count). The maximum Gasteiger partial charge on any atom is 0.322 e. The summed E-state index contributed by atoms with van der Waals surface area (Å²) in [5.74, 6) is 0.812. The van der Waals surface area contributed by atoms with E-state index in [2.05, 4.69) is 35.1 Å². The minimum atomic E-state index is -0.160. The molecular weight excluding hydrogens is 352 g/mol. The number of aryl methyl sites for hydroxylation is 1. The van der Waals surface area contributed by atoms with Crippen LogP contribution >= 0.6 is 0 Å². The van der Waals surface area contributed by atoms with Crippen molar-refractivity contribution in [2.75, 3.05) is 39.2 Å². The molecule has 0 radical (unpaired) electrons. The highest BCUT2D eigenvalue weighted by atomic mass is 16.5. The first-order chi connectivity index (χ1) is 13.2. The molecule has 6 heteroatoms. The Labute approximate surface area is 167 Å². The monoisotopic (exact) mass is 382 g/mol. The lowest BCUT2D eigenvalue weighted by molar-refractivity contribution is 0.237. The lowest BCUT2D eigenvalue weighted by atomic mass is 9.91. The summed E-state index contributed by atoms with van der Waals surface area (Å²) in [5, 5.41) is 3.11. The van der Waals surface area contributed by atoms with Gasteiger partial charge < -0.3 is 15.0 Å². The number of nitrogens with zero attached hydrogens (tertiary/aromatic N) is 3. The van der Waals surface area contributed by atoms with Crippen LogP contribution in [0.4, 0.5) is 10.5 Å². The molecule has 1 aromatic heterocycles. The first-order valence-corrected chi connectivity index (χ1v) is 9.57. The number of rotatable bonds is 5. The minimum absolute atomic E-state index is 0.0466. The van der Waals surface area contributed by atoms with Gasteiger partial charge in [0.05, 0.1) is 24.5 Å². The molecule has 6 nitrogen and oxygen atoms in total.